The highest BCUT2D eigenvalue weighted by Crippen LogP contribution is 2.44. The van der Waals surface area contributed by atoms with Gasteiger partial charge in [-0.1, -0.05) is 0 Å². The van der Waals surface area contributed by atoms with E-state index in [1.165, 1.54) is 13.0 Å². The van der Waals surface area contributed by atoms with Crippen LogP contribution >= 0.6 is 0 Å². The minimum Gasteiger partial charge on any atom is -0.507 e. The molecule has 0 fully saturated rings. The van der Waals surface area contributed by atoms with Crippen molar-refractivity contribution in [3.05, 3.63) is 41.2 Å². The molecule has 108 valence electrons. The van der Waals surface area contributed by atoms with Gasteiger partial charge in [-0.2, -0.15) is 5.10 Å². The number of esters is 1. The number of Topliss-reactive ketones (excluding diaryl/α,β-unsaturated/α-hetero) is 1. The molecule has 1 N–H and O–H groups in total. The highest BCUT2D eigenvalue weighted by atomic mass is 16.5. The number of aromatic hydroxyl groups is 1. The number of benzene rings is 1. The maximum atomic E-state index is 11.8. The summed E-state index contributed by atoms with van der Waals surface area (Å²) in [6.07, 6.45) is 1.72. The molecule has 1 aliphatic rings. The Morgan fingerprint density at radius 3 is 2.81 bits per heavy atom. The molecule has 2 heterocycles. The molecule has 0 saturated carbocycles. The number of carbonyl (C=O) groups excluding carboxylic acids is 2. The second-order valence-corrected chi connectivity index (χ2v) is 5.04. The fourth-order valence-corrected chi connectivity index (χ4v) is 2.71. The van der Waals surface area contributed by atoms with Gasteiger partial charge in [0.2, 0.25) is 0 Å². The number of carbonyl (C=O) groups is 2. The second kappa shape index (κ2) is 4.73. The van der Waals surface area contributed by atoms with E-state index < -0.39 is 0 Å². The third kappa shape index (κ3) is 2.08. The summed E-state index contributed by atoms with van der Waals surface area (Å²) in [5.41, 5.74) is 1.47. The van der Waals surface area contributed by atoms with Crippen molar-refractivity contribution in [2.45, 2.75) is 19.3 Å². The van der Waals surface area contributed by atoms with Gasteiger partial charge in [-0.15, -0.1) is 0 Å². The summed E-state index contributed by atoms with van der Waals surface area (Å²) in [5, 5.41) is 14.5. The molecule has 0 saturated heterocycles. The average molecular weight is 286 g/mol. The van der Waals surface area contributed by atoms with Crippen LogP contribution in [0.25, 0.3) is 0 Å². The van der Waals surface area contributed by atoms with Crippen LogP contribution in [-0.2, 0) is 11.8 Å². The van der Waals surface area contributed by atoms with Crippen LogP contribution in [0, 0.1) is 0 Å². The van der Waals surface area contributed by atoms with Crippen LogP contribution in [-0.4, -0.2) is 26.6 Å². The summed E-state index contributed by atoms with van der Waals surface area (Å²) in [6.45, 7) is 1.38. The summed E-state index contributed by atoms with van der Waals surface area (Å²) < 4.78 is 6.82. The van der Waals surface area contributed by atoms with Crippen molar-refractivity contribution in [2.75, 3.05) is 0 Å². The molecular formula is C15H14N2O4. The Balaban J connectivity index is 2.23. The van der Waals surface area contributed by atoms with Gasteiger partial charge in [0.15, 0.2) is 5.78 Å². The lowest BCUT2D eigenvalue weighted by Crippen LogP contribution is -2.23. The maximum Gasteiger partial charge on any atom is 0.312 e. The van der Waals surface area contributed by atoms with E-state index in [1.807, 2.05) is 0 Å². The Morgan fingerprint density at radius 2 is 2.19 bits per heavy atom. The Morgan fingerprint density at radius 1 is 1.43 bits per heavy atom. The number of rotatable bonds is 2. The van der Waals surface area contributed by atoms with Crippen molar-refractivity contribution in [1.29, 1.82) is 0 Å². The summed E-state index contributed by atoms with van der Waals surface area (Å²) in [5.74, 6) is -0.827. The summed E-state index contributed by atoms with van der Waals surface area (Å²) in [4.78, 5) is 23.4. The lowest BCUT2D eigenvalue weighted by Gasteiger charge is -2.26. The zero-order valence-corrected chi connectivity index (χ0v) is 11.7. The van der Waals surface area contributed by atoms with Gasteiger partial charge >= 0.3 is 5.97 Å². The molecule has 1 aromatic heterocycles. The molecule has 6 nitrogen and oxygen atoms in total. The molecule has 6 heteroatoms. The number of ketones is 1. The smallest absolute Gasteiger partial charge is 0.312 e. The molecule has 1 aliphatic heterocycles. The van der Waals surface area contributed by atoms with Gasteiger partial charge in [-0.05, 0) is 25.1 Å². The van der Waals surface area contributed by atoms with Gasteiger partial charge < -0.3 is 9.84 Å². The molecule has 21 heavy (non-hydrogen) atoms. The van der Waals surface area contributed by atoms with Gasteiger partial charge in [0, 0.05) is 30.4 Å². The van der Waals surface area contributed by atoms with Gasteiger partial charge in [0.25, 0.3) is 0 Å². The highest BCUT2D eigenvalue weighted by molar-refractivity contribution is 5.98. The third-order valence-electron chi connectivity index (χ3n) is 3.72. The van der Waals surface area contributed by atoms with E-state index in [9.17, 15) is 14.7 Å². The number of hydrogen-bond donors (Lipinski definition) is 1. The van der Waals surface area contributed by atoms with E-state index in [0.717, 1.165) is 5.69 Å². The molecule has 0 spiro atoms. The quantitative estimate of drug-likeness (QED) is 0.517. The number of fused-ring (bicyclic) bond motifs is 1. The zero-order valence-electron chi connectivity index (χ0n) is 11.7. The summed E-state index contributed by atoms with van der Waals surface area (Å²) in [6, 6.07) is 4.80. The van der Waals surface area contributed by atoms with Gasteiger partial charge in [-0.3, -0.25) is 14.3 Å². The van der Waals surface area contributed by atoms with Crippen LogP contribution in [0.1, 0.15) is 40.9 Å². The molecular weight excluding hydrogens is 272 g/mol. The molecule has 2 aromatic rings. The Bertz CT molecular complexity index is 748. The van der Waals surface area contributed by atoms with E-state index in [2.05, 4.69) is 5.10 Å². The molecule has 3 rings (SSSR count). The SMILES string of the molecule is CC(=O)c1ccc2c(c1O)C(c1ccnn1C)CC(=O)O2. The van der Waals surface area contributed by atoms with Crippen LogP contribution in [0.4, 0.5) is 0 Å². The zero-order chi connectivity index (χ0) is 15.1. The topological polar surface area (TPSA) is 81.4 Å². The lowest BCUT2D eigenvalue weighted by atomic mass is 9.87. The van der Waals surface area contributed by atoms with E-state index in [1.54, 1.807) is 30.1 Å². The third-order valence-corrected chi connectivity index (χ3v) is 3.72. The van der Waals surface area contributed by atoms with E-state index in [-0.39, 0.29) is 35.4 Å². The van der Waals surface area contributed by atoms with Crippen molar-refractivity contribution in [3.63, 3.8) is 0 Å². The highest BCUT2D eigenvalue weighted by Gasteiger charge is 2.34. The van der Waals surface area contributed by atoms with Crippen LogP contribution in [0.3, 0.4) is 0 Å². The van der Waals surface area contributed by atoms with Crippen LogP contribution in [0.2, 0.25) is 0 Å². The number of aromatic nitrogens is 2. The Hall–Kier alpha value is -2.63. The fraction of sp³-hybridized carbons (Fsp3) is 0.267. The van der Waals surface area contributed by atoms with Crippen LogP contribution in [0.15, 0.2) is 24.4 Å². The molecule has 0 aliphatic carbocycles. The molecule has 1 unspecified atom stereocenters. The van der Waals surface area contributed by atoms with Gasteiger partial charge in [0.1, 0.15) is 11.5 Å². The van der Waals surface area contributed by atoms with Crippen molar-refractivity contribution in [1.82, 2.24) is 9.78 Å². The minimum atomic E-state index is -0.381. The number of nitrogens with zero attached hydrogens (tertiary/aromatic N) is 2. The first-order valence-electron chi connectivity index (χ1n) is 6.54. The predicted molar refractivity (Wildman–Crippen MR) is 73.4 cm³/mol. The number of phenolic OH excluding ortho intramolecular Hbond substituents is 1. The van der Waals surface area contributed by atoms with Gasteiger partial charge in [0.05, 0.1) is 12.0 Å². The molecule has 1 aromatic carbocycles. The first-order chi connectivity index (χ1) is 9.99. The van der Waals surface area contributed by atoms with Crippen LogP contribution in [0.5, 0.6) is 11.5 Å². The molecule has 0 amide bonds. The van der Waals surface area contributed by atoms with Crippen molar-refractivity contribution in [3.8, 4) is 11.5 Å². The van der Waals surface area contributed by atoms with Crippen LogP contribution < -0.4 is 4.74 Å². The van der Waals surface area contributed by atoms with E-state index >= 15 is 0 Å². The number of aryl methyl sites for hydroxylation is 1. The van der Waals surface area contributed by atoms with Crippen molar-refractivity contribution >= 4 is 11.8 Å². The summed E-state index contributed by atoms with van der Waals surface area (Å²) >= 11 is 0. The summed E-state index contributed by atoms with van der Waals surface area (Å²) in [7, 11) is 1.76. The minimum absolute atomic E-state index is 0.0987. The largest absolute Gasteiger partial charge is 0.507 e. The first kappa shape index (κ1) is 13.4. The first-order valence-corrected chi connectivity index (χ1v) is 6.54. The molecule has 0 bridgehead atoms. The Kier molecular flexibility index (Phi) is 3.01. The number of ether oxygens (including phenoxy) is 1. The number of phenols is 1. The molecule has 0 radical (unpaired) electrons. The van der Waals surface area contributed by atoms with Crippen molar-refractivity contribution in [2.24, 2.45) is 7.05 Å². The van der Waals surface area contributed by atoms with E-state index in [4.69, 9.17) is 4.74 Å². The normalized spacial score (nSPS) is 17.2. The van der Waals surface area contributed by atoms with Gasteiger partial charge in [-0.25, -0.2) is 0 Å². The van der Waals surface area contributed by atoms with Crippen molar-refractivity contribution < 1.29 is 19.4 Å². The standard InChI is InChI=1S/C15H14N2O4/c1-8(18)9-3-4-12-14(15(9)20)10(7-13(19)21-12)11-5-6-16-17(11)2/h3-6,10,20H,7H2,1-2H3. The Labute approximate surface area is 121 Å². The number of hydrogen-bond acceptors (Lipinski definition) is 5. The predicted octanol–water partition coefficient (Wildman–Crippen LogP) is 1.77. The molecule has 1 atom stereocenters. The second-order valence-electron chi connectivity index (χ2n) is 5.04. The monoisotopic (exact) mass is 286 g/mol. The maximum absolute atomic E-state index is 11.8. The average Bonchev–Trinajstić information content (AvgIpc) is 2.83. The fourth-order valence-electron chi connectivity index (χ4n) is 2.71. The lowest BCUT2D eigenvalue weighted by molar-refractivity contribution is -0.135. The van der Waals surface area contributed by atoms with E-state index in [0.29, 0.717) is 11.3 Å².